The molecule has 4 heteroatoms. The van der Waals surface area contributed by atoms with Gasteiger partial charge in [-0.25, -0.2) is 0 Å². The topological polar surface area (TPSA) is 16.4 Å². The Balaban J connectivity index is 1.88. The zero-order valence-corrected chi connectivity index (χ0v) is 13.6. The number of hydrogen-bond acceptors (Lipinski definition) is 3. The van der Waals surface area contributed by atoms with Gasteiger partial charge >= 0.3 is 0 Å². The van der Waals surface area contributed by atoms with Crippen molar-refractivity contribution in [2.75, 3.05) is 20.6 Å². The number of benzene rings is 1. The van der Waals surface area contributed by atoms with Crippen molar-refractivity contribution >= 4 is 27.7 Å². The van der Waals surface area contributed by atoms with Crippen molar-refractivity contribution in [1.82, 2.24) is 4.90 Å². The minimum absolute atomic E-state index is 0.960. The van der Waals surface area contributed by atoms with E-state index in [1.807, 2.05) is 12.1 Å². The van der Waals surface area contributed by atoms with Gasteiger partial charge in [-0.05, 0) is 63.5 Å². The maximum Gasteiger partial charge on any atom is 0.165 e. The Bertz CT molecular complexity index is 507. The highest BCUT2D eigenvalue weighted by Gasteiger charge is 2.04. The van der Waals surface area contributed by atoms with Crippen LogP contribution in [0.3, 0.4) is 0 Å². The third kappa shape index (κ3) is 5.05. The highest BCUT2D eigenvalue weighted by atomic mass is 79.9. The Morgan fingerprint density at radius 3 is 2.53 bits per heavy atom. The van der Waals surface area contributed by atoms with Gasteiger partial charge in [0.15, 0.2) is 5.09 Å². The van der Waals surface area contributed by atoms with E-state index in [2.05, 4.69) is 59.2 Å². The van der Waals surface area contributed by atoms with Crippen LogP contribution in [-0.4, -0.2) is 25.5 Å². The average Bonchev–Trinajstić information content (AvgIpc) is 2.79. The van der Waals surface area contributed by atoms with E-state index in [1.165, 1.54) is 4.90 Å². The maximum absolute atomic E-state index is 5.83. The number of hydrogen-bond donors (Lipinski definition) is 0. The molecule has 0 radical (unpaired) electrons. The molecule has 0 bridgehead atoms. The van der Waals surface area contributed by atoms with E-state index in [4.69, 9.17) is 4.42 Å². The fraction of sp³-hybridized carbons (Fsp3) is 0.333. The van der Waals surface area contributed by atoms with Gasteiger partial charge in [0.25, 0.3) is 0 Å². The third-order valence-corrected chi connectivity index (χ3v) is 4.15. The van der Waals surface area contributed by atoms with Crippen LogP contribution in [0.2, 0.25) is 0 Å². The van der Waals surface area contributed by atoms with E-state index in [-0.39, 0.29) is 0 Å². The molecule has 2 aromatic rings. The van der Waals surface area contributed by atoms with E-state index in [0.717, 1.165) is 34.7 Å². The lowest BCUT2D eigenvalue weighted by atomic mass is 10.2. The smallest absolute Gasteiger partial charge is 0.165 e. The van der Waals surface area contributed by atoms with Gasteiger partial charge in [0, 0.05) is 15.8 Å². The first-order valence-corrected chi connectivity index (χ1v) is 7.91. The van der Waals surface area contributed by atoms with Gasteiger partial charge in [-0.15, -0.1) is 0 Å². The summed E-state index contributed by atoms with van der Waals surface area (Å²) in [5.74, 6) is 1.07. The molecule has 0 N–H and O–H groups in total. The zero-order chi connectivity index (χ0) is 13.7. The Morgan fingerprint density at radius 2 is 1.84 bits per heavy atom. The van der Waals surface area contributed by atoms with Crippen LogP contribution >= 0.6 is 27.7 Å². The third-order valence-electron chi connectivity index (χ3n) is 2.70. The Labute approximate surface area is 127 Å². The largest absolute Gasteiger partial charge is 0.455 e. The summed E-state index contributed by atoms with van der Waals surface area (Å²) < 4.78 is 6.93. The first-order chi connectivity index (χ1) is 9.13. The van der Waals surface area contributed by atoms with Crippen molar-refractivity contribution < 1.29 is 4.42 Å². The summed E-state index contributed by atoms with van der Waals surface area (Å²) in [5.41, 5.74) is 0. The monoisotopic (exact) mass is 339 g/mol. The highest BCUT2D eigenvalue weighted by molar-refractivity contribution is 9.10. The van der Waals surface area contributed by atoms with Gasteiger partial charge in [-0.1, -0.05) is 27.7 Å². The number of halogens is 1. The van der Waals surface area contributed by atoms with Gasteiger partial charge in [0.1, 0.15) is 5.76 Å². The van der Waals surface area contributed by atoms with E-state index in [0.29, 0.717) is 0 Å². The van der Waals surface area contributed by atoms with E-state index >= 15 is 0 Å². The molecule has 1 aromatic heterocycles. The van der Waals surface area contributed by atoms with Crippen LogP contribution < -0.4 is 0 Å². The molecule has 19 heavy (non-hydrogen) atoms. The number of nitrogens with zero attached hydrogens (tertiary/aromatic N) is 1. The fourth-order valence-electron chi connectivity index (χ4n) is 1.74. The van der Waals surface area contributed by atoms with Gasteiger partial charge in [0.05, 0.1) is 0 Å². The molecule has 0 amide bonds. The van der Waals surface area contributed by atoms with Gasteiger partial charge < -0.3 is 9.32 Å². The van der Waals surface area contributed by atoms with Crippen LogP contribution in [0.25, 0.3) is 0 Å². The van der Waals surface area contributed by atoms with Gasteiger partial charge in [-0.2, -0.15) is 0 Å². The number of rotatable bonds is 6. The first kappa shape index (κ1) is 14.7. The molecule has 0 fully saturated rings. The van der Waals surface area contributed by atoms with E-state index < -0.39 is 0 Å². The number of aryl methyl sites for hydroxylation is 1. The van der Waals surface area contributed by atoms with E-state index in [1.54, 1.807) is 11.8 Å². The normalized spacial score (nSPS) is 11.2. The summed E-state index contributed by atoms with van der Waals surface area (Å²) in [6.07, 6.45) is 2.13. The minimum atomic E-state index is 0.960. The summed E-state index contributed by atoms with van der Waals surface area (Å²) in [6, 6.07) is 12.4. The molecule has 0 saturated carbocycles. The Hall–Kier alpha value is -0.710. The van der Waals surface area contributed by atoms with Crippen LogP contribution in [0.1, 0.15) is 12.2 Å². The maximum atomic E-state index is 5.83. The van der Waals surface area contributed by atoms with E-state index in [9.17, 15) is 0 Å². The second kappa shape index (κ2) is 7.17. The molecule has 0 atom stereocenters. The average molecular weight is 340 g/mol. The standard InChI is InChI=1S/C15H18BrNOS/c1-17(2)11-3-4-13-7-10-15(18-13)19-14-8-5-12(16)6-9-14/h5-10H,3-4,11H2,1-2H3. The molecule has 0 spiro atoms. The quantitative estimate of drug-likeness (QED) is 0.759. The Morgan fingerprint density at radius 1 is 1.11 bits per heavy atom. The van der Waals surface area contributed by atoms with Crippen molar-refractivity contribution in [2.45, 2.75) is 22.8 Å². The lowest BCUT2D eigenvalue weighted by molar-refractivity contribution is 0.378. The number of furan rings is 1. The van der Waals surface area contributed by atoms with Crippen molar-refractivity contribution in [3.63, 3.8) is 0 Å². The Kier molecular flexibility index (Phi) is 5.55. The second-order valence-corrected chi connectivity index (χ2v) is 6.68. The summed E-state index contributed by atoms with van der Waals surface area (Å²) in [6.45, 7) is 1.09. The predicted octanol–water partition coefficient (Wildman–Crippen LogP) is 4.69. The first-order valence-electron chi connectivity index (χ1n) is 6.30. The lowest BCUT2D eigenvalue weighted by Crippen LogP contribution is -2.13. The van der Waals surface area contributed by atoms with Crippen molar-refractivity contribution in [1.29, 1.82) is 0 Å². The molecule has 1 aromatic carbocycles. The molecule has 0 aliphatic heterocycles. The van der Waals surface area contributed by atoms with Crippen LogP contribution in [-0.2, 0) is 6.42 Å². The van der Waals surface area contributed by atoms with Crippen LogP contribution in [0.5, 0.6) is 0 Å². The SMILES string of the molecule is CN(C)CCCc1ccc(Sc2ccc(Br)cc2)o1. The molecule has 0 unspecified atom stereocenters. The van der Waals surface area contributed by atoms with Crippen LogP contribution in [0, 0.1) is 0 Å². The molecule has 2 nitrogen and oxygen atoms in total. The molecule has 102 valence electrons. The van der Waals surface area contributed by atoms with Gasteiger partial charge in [-0.3, -0.25) is 0 Å². The lowest BCUT2D eigenvalue weighted by Gasteiger charge is -2.07. The summed E-state index contributed by atoms with van der Waals surface area (Å²) in [4.78, 5) is 3.39. The van der Waals surface area contributed by atoms with Crippen molar-refractivity contribution in [2.24, 2.45) is 0 Å². The molecular formula is C15H18BrNOS. The zero-order valence-electron chi connectivity index (χ0n) is 11.2. The van der Waals surface area contributed by atoms with Crippen molar-refractivity contribution in [3.05, 3.63) is 46.6 Å². The fourth-order valence-corrected chi connectivity index (χ4v) is 2.79. The molecule has 0 saturated heterocycles. The molecule has 0 aliphatic carbocycles. The van der Waals surface area contributed by atoms with Crippen LogP contribution in [0.4, 0.5) is 0 Å². The van der Waals surface area contributed by atoms with Gasteiger partial charge in [0.2, 0.25) is 0 Å². The second-order valence-electron chi connectivity index (χ2n) is 4.68. The summed E-state index contributed by atoms with van der Waals surface area (Å²) in [5, 5.41) is 0.960. The minimum Gasteiger partial charge on any atom is -0.455 e. The molecule has 1 heterocycles. The molecular weight excluding hydrogens is 322 g/mol. The molecule has 0 aliphatic rings. The summed E-state index contributed by atoms with van der Waals surface area (Å²) >= 11 is 5.10. The van der Waals surface area contributed by atoms with Crippen molar-refractivity contribution in [3.8, 4) is 0 Å². The van der Waals surface area contributed by atoms with Crippen LogP contribution in [0.15, 0.2) is 55.3 Å². The highest BCUT2D eigenvalue weighted by Crippen LogP contribution is 2.30. The predicted molar refractivity (Wildman–Crippen MR) is 83.8 cm³/mol. The summed E-state index contributed by atoms with van der Waals surface area (Å²) in [7, 11) is 4.19. The molecule has 2 rings (SSSR count).